The summed E-state index contributed by atoms with van der Waals surface area (Å²) in [7, 11) is 0. The highest BCUT2D eigenvalue weighted by molar-refractivity contribution is 6.18. The lowest BCUT2D eigenvalue weighted by Gasteiger charge is -1.92. The van der Waals surface area contributed by atoms with E-state index in [2.05, 4.69) is 18.8 Å². The summed E-state index contributed by atoms with van der Waals surface area (Å²) < 4.78 is 0. The highest BCUT2D eigenvalue weighted by atomic mass is 16.1. The lowest BCUT2D eigenvalue weighted by atomic mass is 10.1. The Kier molecular flexibility index (Phi) is 7.27. The van der Waals surface area contributed by atoms with Gasteiger partial charge in [-0.3, -0.25) is 9.59 Å². The smallest absolute Gasteiger partial charge is 0.164 e. The van der Waals surface area contributed by atoms with Gasteiger partial charge < -0.3 is 0 Å². The van der Waals surface area contributed by atoms with Gasteiger partial charge in [-0.2, -0.15) is 0 Å². The molecule has 0 fully saturated rings. The molecule has 0 aromatic rings. The van der Waals surface area contributed by atoms with Gasteiger partial charge in [0.2, 0.25) is 0 Å². The molecule has 0 aliphatic heterocycles. The van der Waals surface area contributed by atoms with E-state index in [9.17, 15) is 9.59 Å². The zero-order chi connectivity index (χ0) is 11.7. The molecule has 0 amide bonds. The second-order valence-electron chi connectivity index (χ2n) is 3.45. The van der Waals surface area contributed by atoms with E-state index in [1.165, 1.54) is 32.8 Å². The minimum Gasteiger partial charge on any atom is -0.294 e. The van der Waals surface area contributed by atoms with E-state index in [1.807, 2.05) is 0 Å². The molecule has 0 atom stereocenters. The van der Waals surface area contributed by atoms with E-state index < -0.39 is 0 Å². The van der Waals surface area contributed by atoms with Gasteiger partial charge in [-0.05, 0) is 20.3 Å². The van der Waals surface area contributed by atoms with Crippen LogP contribution < -0.4 is 0 Å². The van der Waals surface area contributed by atoms with Crippen molar-refractivity contribution in [3.8, 4) is 11.8 Å². The van der Waals surface area contributed by atoms with Crippen molar-refractivity contribution in [2.75, 3.05) is 0 Å². The number of unbranched alkanes of at least 4 members (excludes halogenated alkanes) is 3. The first-order valence-electron chi connectivity index (χ1n) is 5.30. The molecule has 0 unspecified atom stereocenters. The molecule has 0 saturated heterocycles. The van der Waals surface area contributed by atoms with E-state index >= 15 is 0 Å². The van der Waals surface area contributed by atoms with Gasteiger partial charge >= 0.3 is 0 Å². The Bertz CT molecular complexity index is 297. The molecule has 0 bridgehead atoms. The Morgan fingerprint density at radius 3 is 2.20 bits per heavy atom. The largest absolute Gasteiger partial charge is 0.294 e. The third kappa shape index (κ3) is 6.68. The quantitative estimate of drug-likeness (QED) is 0.228. The summed E-state index contributed by atoms with van der Waals surface area (Å²) in [5.41, 5.74) is 0.193. The molecule has 0 aliphatic carbocycles. The molecule has 0 spiro atoms. The zero-order valence-electron chi connectivity index (χ0n) is 9.72. The fraction of sp³-hybridized carbons (Fsp3) is 0.538. The summed E-state index contributed by atoms with van der Waals surface area (Å²) in [4.78, 5) is 22.0. The van der Waals surface area contributed by atoms with E-state index in [0.29, 0.717) is 0 Å². The van der Waals surface area contributed by atoms with Crippen LogP contribution in [0.2, 0.25) is 0 Å². The number of carbonyl (C=O) groups is 2. The average molecular weight is 206 g/mol. The van der Waals surface area contributed by atoms with Crippen LogP contribution in [0.25, 0.3) is 0 Å². The maximum Gasteiger partial charge on any atom is 0.164 e. The number of rotatable bonds is 5. The molecule has 82 valence electrons. The molecule has 0 N–H and O–H groups in total. The molecule has 0 saturated carbocycles. The number of allylic oxidation sites excluding steroid dienone is 2. The lowest BCUT2D eigenvalue weighted by molar-refractivity contribution is -0.119. The van der Waals surface area contributed by atoms with E-state index in [-0.39, 0.29) is 17.1 Å². The Hall–Kier alpha value is -1.36. The Morgan fingerprint density at radius 2 is 1.73 bits per heavy atom. The second kappa shape index (κ2) is 7.99. The van der Waals surface area contributed by atoms with Crippen molar-refractivity contribution in [3.05, 3.63) is 11.6 Å². The average Bonchev–Trinajstić information content (AvgIpc) is 2.15. The van der Waals surface area contributed by atoms with Crippen molar-refractivity contribution >= 4 is 11.6 Å². The van der Waals surface area contributed by atoms with Gasteiger partial charge in [0.1, 0.15) is 0 Å². The molecule has 15 heavy (non-hydrogen) atoms. The fourth-order valence-electron chi connectivity index (χ4n) is 1.11. The summed E-state index contributed by atoms with van der Waals surface area (Å²) >= 11 is 0. The molecule has 2 nitrogen and oxygen atoms in total. The normalized spacial score (nSPS) is 8.73. The maximum atomic E-state index is 11.0. The summed E-state index contributed by atoms with van der Waals surface area (Å²) in [6.45, 7) is 4.90. The maximum absolute atomic E-state index is 11.0. The van der Waals surface area contributed by atoms with Gasteiger partial charge in [-0.25, -0.2) is 0 Å². The summed E-state index contributed by atoms with van der Waals surface area (Å²) in [5.74, 6) is 5.25. The highest BCUT2D eigenvalue weighted by Gasteiger charge is 2.07. The monoisotopic (exact) mass is 206 g/mol. The second-order valence-corrected chi connectivity index (χ2v) is 3.45. The van der Waals surface area contributed by atoms with Gasteiger partial charge in [0.15, 0.2) is 11.6 Å². The van der Waals surface area contributed by atoms with Gasteiger partial charge in [-0.1, -0.05) is 31.6 Å². The number of carbonyl (C=O) groups excluding carboxylic acids is 2. The van der Waals surface area contributed by atoms with Crippen LogP contribution in [0.3, 0.4) is 0 Å². The molecule has 0 radical (unpaired) electrons. The third-order valence-electron chi connectivity index (χ3n) is 1.98. The van der Waals surface area contributed by atoms with Gasteiger partial charge in [0.25, 0.3) is 0 Å². The topological polar surface area (TPSA) is 34.1 Å². The van der Waals surface area contributed by atoms with Crippen molar-refractivity contribution in [1.82, 2.24) is 0 Å². The van der Waals surface area contributed by atoms with Crippen LogP contribution in [0.15, 0.2) is 11.6 Å². The summed E-state index contributed by atoms with van der Waals surface area (Å²) in [5, 5.41) is 0. The van der Waals surface area contributed by atoms with Crippen molar-refractivity contribution in [1.29, 1.82) is 0 Å². The number of hydrogen-bond donors (Lipinski definition) is 0. The number of Topliss-reactive ketones (excluding diaryl/α,β-unsaturated/α-hetero) is 2. The summed E-state index contributed by atoms with van der Waals surface area (Å²) in [6.07, 6.45) is 5.67. The Balaban J connectivity index is 4.21. The van der Waals surface area contributed by atoms with Crippen LogP contribution in [0, 0.1) is 11.8 Å². The lowest BCUT2D eigenvalue weighted by Crippen LogP contribution is -2.05. The molecule has 0 aromatic heterocycles. The van der Waals surface area contributed by atoms with Crippen molar-refractivity contribution < 1.29 is 9.59 Å². The minimum atomic E-state index is -0.217. The van der Waals surface area contributed by atoms with Crippen molar-refractivity contribution in [2.45, 2.75) is 46.5 Å². The minimum absolute atomic E-state index is 0.193. The number of ketones is 2. The standard InChI is InChI=1S/C13H18O2/c1-4-5-6-7-8-9-10-13(11(2)14)12(3)15/h10H,4-7H2,1-3H3. The Labute approximate surface area is 91.8 Å². The van der Waals surface area contributed by atoms with Gasteiger partial charge in [0, 0.05) is 12.5 Å². The SMILES string of the molecule is CCCCCC#CC=C(C(C)=O)C(C)=O. The summed E-state index contributed by atoms with van der Waals surface area (Å²) in [6, 6.07) is 0. The Morgan fingerprint density at radius 1 is 1.13 bits per heavy atom. The molecular formula is C13H18O2. The van der Waals surface area contributed by atoms with Crippen LogP contribution in [0.5, 0.6) is 0 Å². The van der Waals surface area contributed by atoms with E-state index in [0.717, 1.165) is 12.8 Å². The van der Waals surface area contributed by atoms with Crippen LogP contribution in [-0.2, 0) is 9.59 Å². The third-order valence-corrected chi connectivity index (χ3v) is 1.98. The molecule has 2 heteroatoms. The predicted octanol–water partition coefficient (Wildman–Crippen LogP) is 2.67. The first-order valence-corrected chi connectivity index (χ1v) is 5.30. The van der Waals surface area contributed by atoms with Crippen LogP contribution >= 0.6 is 0 Å². The predicted molar refractivity (Wildman–Crippen MR) is 61.4 cm³/mol. The first kappa shape index (κ1) is 13.6. The van der Waals surface area contributed by atoms with Crippen molar-refractivity contribution in [2.24, 2.45) is 0 Å². The highest BCUT2D eigenvalue weighted by Crippen LogP contribution is 1.99. The molecule has 0 rings (SSSR count). The zero-order valence-corrected chi connectivity index (χ0v) is 9.72. The van der Waals surface area contributed by atoms with Crippen LogP contribution in [0.1, 0.15) is 46.5 Å². The van der Waals surface area contributed by atoms with Gasteiger partial charge in [0.05, 0.1) is 5.57 Å². The van der Waals surface area contributed by atoms with E-state index in [1.54, 1.807) is 0 Å². The fourth-order valence-corrected chi connectivity index (χ4v) is 1.11. The molecule has 0 aliphatic rings. The molecule has 0 aromatic carbocycles. The first-order chi connectivity index (χ1) is 7.09. The van der Waals surface area contributed by atoms with Crippen molar-refractivity contribution in [3.63, 3.8) is 0 Å². The molecular weight excluding hydrogens is 188 g/mol. The van der Waals surface area contributed by atoms with E-state index in [4.69, 9.17) is 0 Å². The van der Waals surface area contributed by atoms with Crippen LogP contribution in [-0.4, -0.2) is 11.6 Å². The van der Waals surface area contributed by atoms with Gasteiger partial charge in [-0.15, -0.1) is 0 Å². The molecule has 0 heterocycles. The number of hydrogen-bond acceptors (Lipinski definition) is 2. The van der Waals surface area contributed by atoms with Crippen LogP contribution in [0.4, 0.5) is 0 Å².